The van der Waals surface area contributed by atoms with Gasteiger partial charge in [0.15, 0.2) is 7.14 Å². The highest BCUT2D eigenvalue weighted by molar-refractivity contribution is 7.85. The zero-order valence-corrected chi connectivity index (χ0v) is 32.1. The van der Waals surface area contributed by atoms with Gasteiger partial charge in [0.05, 0.1) is 45.3 Å². The monoisotopic (exact) mass is 760 g/mol. The number of aromatic nitrogens is 3. The molecule has 0 saturated heterocycles. The van der Waals surface area contributed by atoms with Crippen molar-refractivity contribution in [3.63, 3.8) is 0 Å². The fourth-order valence-corrected chi connectivity index (χ4v) is 10.7. The summed E-state index contributed by atoms with van der Waals surface area (Å²) in [5.41, 5.74) is 9.41. The number of nitriles is 1. The average Bonchev–Trinajstić information content (AvgIpc) is 3.31. The summed E-state index contributed by atoms with van der Waals surface area (Å²) in [6.07, 6.45) is 0. The molecule has 0 aliphatic rings. The van der Waals surface area contributed by atoms with Crippen molar-refractivity contribution in [1.82, 2.24) is 15.0 Å². The van der Waals surface area contributed by atoms with Crippen molar-refractivity contribution in [3.05, 3.63) is 206 Å². The fourth-order valence-electron chi connectivity index (χ4n) is 8.05. The molecular weight excluding hydrogens is 728 g/mol. The van der Waals surface area contributed by atoms with E-state index in [9.17, 15) is 5.26 Å². The summed E-state index contributed by atoms with van der Waals surface area (Å²) in [5, 5.41) is 15.6. The molecule has 6 heteroatoms. The lowest BCUT2D eigenvalue weighted by atomic mass is 9.91. The van der Waals surface area contributed by atoms with Crippen LogP contribution in [0.25, 0.3) is 77.6 Å². The van der Waals surface area contributed by atoms with E-state index in [1.54, 1.807) is 0 Å². The predicted octanol–water partition coefficient (Wildman–Crippen LogP) is 11.5. The summed E-state index contributed by atoms with van der Waals surface area (Å²) >= 11 is 0. The van der Waals surface area contributed by atoms with Gasteiger partial charge in [-0.25, -0.2) is 15.0 Å². The molecule has 0 atom stereocenters. The summed E-state index contributed by atoms with van der Waals surface area (Å²) in [7, 11) is -3.16. The lowest BCUT2D eigenvalue weighted by Crippen LogP contribution is -2.24. The van der Waals surface area contributed by atoms with Crippen molar-refractivity contribution in [2.24, 2.45) is 0 Å². The average molecular weight is 761 g/mol. The van der Waals surface area contributed by atoms with Crippen molar-refractivity contribution in [2.75, 3.05) is 0 Å². The maximum absolute atomic E-state index is 15.2. The van der Waals surface area contributed by atoms with E-state index in [-0.39, 0.29) is 0 Å². The highest BCUT2D eigenvalue weighted by Gasteiger charge is 2.30. The Bertz CT molecular complexity index is 3200. The van der Waals surface area contributed by atoms with Crippen LogP contribution in [0.4, 0.5) is 0 Å². The van der Waals surface area contributed by atoms with Crippen molar-refractivity contribution >= 4 is 55.8 Å². The molecule has 58 heavy (non-hydrogen) atoms. The number of hydrogen-bond acceptors (Lipinski definition) is 5. The third-order valence-corrected chi connectivity index (χ3v) is 13.9. The number of benzene rings is 8. The molecule has 0 spiro atoms. The van der Waals surface area contributed by atoms with Crippen LogP contribution in [-0.4, -0.2) is 15.0 Å². The number of nitrogens with zero attached hydrogens (tertiary/aromatic N) is 4. The van der Waals surface area contributed by atoms with Gasteiger partial charge in [0.2, 0.25) is 0 Å². The number of rotatable bonds is 7. The van der Waals surface area contributed by atoms with E-state index in [1.807, 2.05) is 176 Å². The van der Waals surface area contributed by atoms with Gasteiger partial charge in [0.25, 0.3) is 0 Å². The Hall–Kier alpha value is -7.51. The molecule has 0 N–H and O–H groups in total. The Morgan fingerprint density at radius 2 is 0.897 bits per heavy atom. The molecule has 0 aliphatic carbocycles. The lowest BCUT2D eigenvalue weighted by Gasteiger charge is -2.20. The van der Waals surface area contributed by atoms with Crippen molar-refractivity contribution in [1.29, 1.82) is 5.26 Å². The predicted molar refractivity (Wildman–Crippen MR) is 238 cm³/mol. The molecule has 10 aromatic rings. The van der Waals surface area contributed by atoms with E-state index in [0.29, 0.717) is 22.3 Å². The highest BCUT2D eigenvalue weighted by Crippen LogP contribution is 2.45. The molecule has 10 rings (SSSR count). The molecule has 0 radical (unpaired) electrons. The number of hydrogen-bond donors (Lipinski definition) is 0. The van der Waals surface area contributed by atoms with Gasteiger partial charge < -0.3 is 4.57 Å². The summed E-state index contributed by atoms with van der Waals surface area (Å²) < 4.78 is 15.2. The quantitative estimate of drug-likeness (QED) is 0.119. The third-order valence-electron chi connectivity index (χ3n) is 10.8. The first-order valence-corrected chi connectivity index (χ1v) is 20.8. The molecule has 0 fully saturated rings. The smallest absolute Gasteiger partial charge is 0.171 e. The Morgan fingerprint density at radius 3 is 1.50 bits per heavy atom. The molecule has 0 amide bonds. The summed E-state index contributed by atoms with van der Waals surface area (Å²) in [6, 6.07) is 68.2. The zero-order chi connectivity index (χ0) is 39.1. The molecule has 2 heterocycles. The van der Waals surface area contributed by atoms with E-state index in [1.165, 1.54) is 0 Å². The Morgan fingerprint density at radius 1 is 0.414 bits per heavy atom. The van der Waals surface area contributed by atoms with E-state index in [2.05, 4.69) is 30.3 Å². The Balaban J connectivity index is 1.21. The first-order chi connectivity index (χ1) is 28.6. The van der Waals surface area contributed by atoms with Crippen LogP contribution in [0, 0.1) is 11.3 Å². The maximum atomic E-state index is 15.2. The number of fused-ring (bicyclic) bond motifs is 5. The Kier molecular flexibility index (Phi) is 8.75. The van der Waals surface area contributed by atoms with Crippen LogP contribution in [0.3, 0.4) is 0 Å². The minimum absolute atomic E-state index is 0.466. The highest BCUT2D eigenvalue weighted by atomic mass is 31.2. The second kappa shape index (κ2) is 14.5. The van der Waals surface area contributed by atoms with Crippen LogP contribution in [-0.2, 0) is 4.57 Å². The number of pyridine rings is 1. The zero-order valence-electron chi connectivity index (χ0n) is 31.2. The van der Waals surface area contributed by atoms with Crippen LogP contribution in [0.15, 0.2) is 200 Å². The van der Waals surface area contributed by atoms with Crippen LogP contribution >= 0.6 is 7.14 Å². The van der Waals surface area contributed by atoms with Gasteiger partial charge >= 0.3 is 0 Å². The molecule has 0 saturated carbocycles. The first kappa shape index (κ1) is 34.9. The third kappa shape index (κ3) is 5.87. The molecule has 0 unspecified atom stereocenters. The molecule has 272 valence electrons. The van der Waals surface area contributed by atoms with E-state index in [0.717, 1.165) is 76.8 Å². The second-order valence-corrected chi connectivity index (χ2v) is 16.9. The van der Waals surface area contributed by atoms with Crippen LogP contribution in [0.2, 0.25) is 0 Å². The molecular formula is C52H33N4OP. The lowest BCUT2D eigenvalue weighted by molar-refractivity contribution is 0.592. The summed E-state index contributed by atoms with van der Waals surface area (Å²) in [6.45, 7) is 0. The van der Waals surface area contributed by atoms with E-state index < -0.39 is 7.14 Å². The molecule has 2 aromatic heterocycles. The van der Waals surface area contributed by atoms with Crippen LogP contribution in [0.1, 0.15) is 5.56 Å². The van der Waals surface area contributed by atoms with Gasteiger partial charge in [-0.2, -0.15) is 5.26 Å². The standard InChI is InChI=1S/C52H33N4OP/c53-34-38-33-46-52(56-50(37-19-7-2-8-20-37)49(55-46)36-17-5-1-6-18-36)48-44-27-15-16-28-45(44)54-51(47(38)48)43-26-14-13-25-42(43)35-29-31-41(32-30-35)58(57,39-21-9-3-10-22-39)40-23-11-4-12-24-40/h1-33H. The second-order valence-electron chi connectivity index (χ2n) is 14.2. The summed E-state index contributed by atoms with van der Waals surface area (Å²) in [4.78, 5) is 16.0. The van der Waals surface area contributed by atoms with Gasteiger partial charge in [-0.15, -0.1) is 0 Å². The van der Waals surface area contributed by atoms with Crippen molar-refractivity contribution in [2.45, 2.75) is 0 Å². The van der Waals surface area contributed by atoms with Gasteiger partial charge in [-0.3, -0.25) is 0 Å². The first-order valence-electron chi connectivity index (χ1n) is 19.1. The molecule has 5 nitrogen and oxygen atoms in total. The van der Waals surface area contributed by atoms with Crippen molar-refractivity contribution in [3.8, 4) is 51.0 Å². The fraction of sp³-hybridized carbons (Fsp3) is 0. The van der Waals surface area contributed by atoms with E-state index in [4.69, 9.17) is 15.0 Å². The van der Waals surface area contributed by atoms with Crippen LogP contribution < -0.4 is 15.9 Å². The summed E-state index contributed by atoms with van der Waals surface area (Å²) in [5.74, 6) is 0. The van der Waals surface area contributed by atoms with Gasteiger partial charge in [0.1, 0.15) is 0 Å². The molecule has 8 aromatic carbocycles. The Labute approximate surface area is 336 Å². The molecule has 0 aliphatic heterocycles. The minimum atomic E-state index is -3.16. The van der Waals surface area contributed by atoms with E-state index >= 15 is 4.57 Å². The van der Waals surface area contributed by atoms with Gasteiger partial charge in [-0.05, 0) is 23.3 Å². The minimum Gasteiger partial charge on any atom is -0.309 e. The van der Waals surface area contributed by atoms with Crippen LogP contribution in [0.5, 0.6) is 0 Å². The topological polar surface area (TPSA) is 79.5 Å². The maximum Gasteiger partial charge on any atom is 0.171 e. The SMILES string of the molecule is N#Cc1cc2nc(-c3ccccc3)c(-c3ccccc3)nc2c2c1c(-c1ccccc1-c1ccc(P(=O)(c3ccccc3)c3ccccc3)cc1)nc1ccccc12. The number of para-hydroxylation sites is 1. The molecule has 0 bridgehead atoms. The van der Waals surface area contributed by atoms with Gasteiger partial charge in [0, 0.05) is 48.8 Å². The largest absolute Gasteiger partial charge is 0.309 e. The normalized spacial score (nSPS) is 11.5. The van der Waals surface area contributed by atoms with Crippen molar-refractivity contribution < 1.29 is 4.57 Å². The van der Waals surface area contributed by atoms with Gasteiger partial charge in [-0.1, -0.05) is 188 Å².